The highest BCUT2D eigenvalue weighted by molar-refractivity contribution is 5.90. The molecule has 3 heterocycles. The van der Waals surface area contributed by atoms with Crippen LogP contribution in [0.3, 0.4) is 0 Å². The molecule has 0 atom stereocenters. The highest BCUT2D eigenvalue weighted by Gasteiger charge is 2.25. The summed E-state index contributed by atoms with van der Waals surface area (Å²) in [6.45, 7) is 3.06. The average molecular weight is 273 g/mol. The maximum Gasteiger partial charge on any atom is 0.316 e. The van der Waals surface area contributed by atoms with Crippen molar-refractivity contribution < 1.29 is 9.32 Å². The predicted molar refractivity (Wildman–Crippen MR) is 70.9 cm³/mol. The number of pyridine rings is 1. The molecule has 2 aromatic heterocycles. The van der Waals surface area contributed by atoms with Crippen LogP contribution < -0.4 is 0 Å². The third-order valence-electron chi connectivity index (χ3n) is 3.29. The van der Waals surface area contributed by atoms with E-state index in [9.17, 15) is 4.79 Å². The van der Waals surface area contributed by atoms with Crippen molar-refractivity contribution in [2.75, 3.05) is 33.2 Å². The Bertz CT molecular complexity index is 590. The maximum absolute atomic E-state index is 12.2. The summed E-state index contributed by atoms with van der Waals surface area (Å²) in [6, 6.07) is 5.41. The molecule has 1 amide bonds. The molecule has 3 rings (SSSR count). The minimum Gasteiger partial charge on any atom is -0.332 e. The van der Waals surface area contributed by atoms with Gasteiger partial charge in [-0.25, -0.2) is 0 Å². The number of likely N-dealkylation sites (N-methyl/N-ethyl adjacent to an activating group) is 1. The third-order valence-corrected chi connectivity index (χ3v) is 3.29. The van der Waals surface area contributed by atoms with Gasteiger partial charge in [0.05, 0.1) is 0 Å². The standard InChI is InChI=1S/C13H15N5O2/c1-17-6-8-18(9-7-17)13(19)12-15-11(16-20-12)10-4-2-3-5-14-10/h2-5H,6-9H2,1H3. The van der Waals surface area contributed by atoms with Gasteiger partial charge in [-0.05, 0) is 19.2 Å². The maximum atomic E-state index is 12.2. The summed E-state index contributed by atoms with van der Waals surface area (Å²) in [7, 11) is 2.04. The molecule has 1 saturated heterocycles. The van der Waals surface area contributed by atoms with Crippen molar-refractivity contribution in [2.24, 2.45) is 0 Å². The monoisotopic (exact) mass is 273 g/mol. The molecule has 7 heteroatoms. The number of carbonyl (C=O) groups is 1. The average Bonchev–Trinajstić information content (AvgIpc) is 2.98. The molecule has 1 aliphatic rings. The third kappa shape index (κ3) is 2.53. The Kier molecular flexibility index (Phi) is 3.42. The van der Waals surface area contributed by atoms with Gasteiger partial charge in [0.25, 0.3) is 0 Å². The quantitative estimate of drug-likeness (QED) is 0.794. The van der Waals surface area contributed by atoms with Crippen molar-refractivity contribution in [3.8, 4) is 11.5 Å². The van der Waals surface area contributed by atoms with Crippen molar-refractivity contribution in [1.29, 1.82) is 0 Å². The fraction of sp³-hybridized carbons (Fsp3) is 0.385. The summed E-state index contributed by atoms with van der Waals surface area (Å²) >= 11 is 0. The van der Waals surface area contributed by atoms with E-state index in [1.54, 1.807) is 23.2 Å². The van der Waals surface area contributed by atoms with Crippen LogP contribution in [0, 0.1) is 0 Å². The fourth-order valence-corrected chi connectivity index (χ4v) is 2.05. The van der Waals surface area contributed by atoms with Crippen LogP contribution in [0.2, 0.25) is 0 Å². The molecular formula is C13H15N5O2. The van der Waals surface area contributed by atoms with E-state index >= 15 is 0 Å². The molecule has 104 valence electrons. The summed E-state index contributed by atoms with van der Waals surface area (Å²) in [6.07, 6.45) is 1.65. The van der Waals surface area contributed by atoms with Gasteiger partial charge < -0.3 is 14.3 Å². The molecule has 7 nitrogen and oxygen atoms in total. The highest BCUT2D eigenvalue weighted by atomic mass is 16.5. The highest BCUT2D eigenvalue weighted by Crippen LogP contribution is 2.13. The van der Waals surface area contributed by atoms with Gasteiger partial charge in [0.1, 0.15) is 5.69 Å². The first-order valence-corrected chi connectivity index (χ1v) is 6.47. The number of piperazine rings is 1. The van der Waals surface area contributed by atoms with Crippen LogP contribution >= 0.6 is 0 Å². The van der Waals surface area contributed by atoms with E-state index in [1.165, 1.54) is 0 Å². The van der Waals surface area contributed by atoms with Gasteiger partial charge in [0.2, 0.25) is 5.82 Å². The van der Waals surface area contributed by atoms with E-state index in [2.05, 4.69) is 20.0 Å². The minimum absolute atomic E-state index is 0.0233. The van der Waals surface area contributed by atoms with Crippen LogP contribution in [-0.2, 0) is 0 Å². The Balaban J connectivity index is 1.75. The van der Waals surface area contributed by atoms with Gasteiger partial charge in [-0.15, -0.1) is 0 Å². The molecule has 1 fully saturated rings. The second-order valence-corrected chi connectivity index (χ2v) is 4.73. The van der Waals surface area contributed by atoms with Crippen LogP contribution in [-0.4, -0.2) is 64.1 Å². The van der Waals surface area contributed by atoms with Gasteiger partial charge in [-0.3, -0.25) is 9.78 Å². The molecule has 0 saturated carbocycles. The van der Waals surface area contributed by atoms with E-state index in [1.807, 2.05) is 13.1 Å². The van der Waals surface area contributed by atoms with Crippen LogP contribution in [0.5, 0.6) is 0 Å². The Morgan fingerprint density at radius 2 is 2.05 bits per heavy atom. The lowest BCUT2D eigenvalue weighted by Gasteiger charge is -2.31. The van der Waals surface area contributed by atoms with Gasteiger partial charge in [-0.1, -0.05) is 11.2 Å². The van der Waals surface area contributed by atoms with E-state index in [0.717, 1.165) is 13.1 Å². The molecule has 0 unspecified atom stereocenters. The lowest BCUT2D eigenvalue weighted by atomic mass is 10.3. The van der Waals surface area contributed by atoms with Gasteiger partial charge in [-0.2, -0.15) is 4.98 Å². The number of hydrogen-bond donors (Lipinski definition) is 0. The van der Waals surface area contributed by atoms with E-state index in [-0.39, 0.29) is 11.8 Å². The summed E-state index contributed by atoms with van der Waals surface area (Å²) in [4.78, 5) is 24.4. The largest absolute Gasteiger partial charge is 0.332 e. The molecule has 2 aromatic rings. The molecule has 0 N–H and O–H groups in total. The molecule has 20 heavy (non-hydrogen) atoms. The second kappa shape index (κ2) is 5.38. The van der Waals surface area contributed by atoms with Gasteiger partial charge >= 0.3 is 11.8 Å². The van der Waals surface area contributed by atoms with Crippen molar-refractivity contribution in [2.45, 2.75) is 0 Å². The van der Waals surface area contributed by atoms with Crippen molar-refractivity contribution in [3.05, 3.63) is 30.3 Å². The summed E-state index contributed by atoms with van der Waals surface area (Å²) in [5, 5.41) is 3.81. The molecule has 0 aromatic carbocycles. The van der Waals surface area contributed by atoms with Crippen LogP contribution in [0.25, 0.3) is 11.5 Å². The summed E-state index contributed by atoms with van der Waals surface area (Å²) in [5.41, 5.74) is 0.591. The second-order valence-electron chi connectivity index (χ2n) is 4.73. The van der Waals surface area contributed by atoms with Crippen LogP contribution in [0.15, 0.2) is 28.9 Å². The minimum atomic E-state index is -0.215. The first-order valence-electron chi connectivity index (χ1n) is 6.47. The molecule has 0 radical (unpaired) electrons. The number of rotatable bonds is 2. The number of hydrogen-bond acceptors (Lipinski definition) is 6. The zero-order valence-electron chi connectivity index (χ0n) is 11.2. The Morgan fingerprint density at radius 1 is 1.25 bits per heavy atom. The summed E-state index contributed by atoms with van der Waals surface area (Å²) < 4.78 is 5.05. The Morgan fingerprint density at radius 3 is 2.75 bits per heavy atom. The van der Waals surface area contributed by atoms with Gasteiger partial charge in [0, 0.05) is 32.4 Å². The number of nitrogens with zero attached hydrogens (tertiary/aromatic N) is 5. The van der Waals surface area contributed by atoms with E-state index < -0.39 is 0 Å². The van der Waals surface area contributed by atoms with Crippen molar-refractivity contribution in [3.63, 3.8) is 0 Å². The fourth-order valence-electron chi connectivity index (χ4n) is 2.05. The van der Waals surface area contributed by atoms with Crippen molar-refractivity contribution >= 4 is 5.91 Å². The number of carbonyl (C=O) groups excluding carboxylic acids is 1. The topological polar surface area (TPSA) is 75.4 Å². The van der Waals surface area contributed by atoms with E-state index in [4.69, 9.17) is 4.52 Å². The van der Waals surface area contributed by atoms with Crippen LogP contribution in [0.4, 0.5) is 0 Å². The lowest BCUT2D eigenvalue weighted by molar-refractivity contribution is 0.0615. The zero-order chi connectivity index (χ0) is 13.9. The normalized spacial score (nSPS) is 16.4. The molecular weight excluding hydrogens is 258 g/mol. The molecule has 0 spiro atoms. The number of aromatic nitrogens is 3. The van der Waals surface area contributed by atoms with Crippen LogP contribution in [0.1, 0.15) is 10.7 Å². The molecule has 1 aliphatic heterocycles. The van der Waals surface area contributed by atoms with E-state index in [0.29, 0.717) is 24.6 Å². The first-order chi connectivity index (χ1) is 9.74. The van der Waals surface area contributed by atoms with Gasteiger partial charge in [0.15, 0.2) is 0 Å². The smallest absolute Gasteiger partial charge is 0.316 e. The molecule has 0 aliphatic carbocycles. The molecule has 0 bridgehead atoms. The SMILES string of the molecule is CN1CCN(C(=O)c2nc(-c3ccccn3)no2)CC1. The number of amides is 1. The first kappa shape index (κ1) is 12.7. The Hall–Kier alpha value is -2.28. The predicted octanol–water partition coefficient (Wildman–Crippen LogP) is 0.519. The summed E-state index contributed by atoms with van der Waals surface area (Å²) in [5.74, 6) is 0.145. The lowest BCUT2D eigenvalue weighted by Crippen LogP contribution is -2.47. The zero-order valence-corrected chi connectivity index (χ0v) is 11.2. The Labute approximate surface area is 116 Å². The van der Waals surface area contributed by atoms with Crippen molar-refractivity contribution in [1.82, 2.24) is 24.9 Å².